The van der Waals surface area contributed by atoms with E-state index >= 15 is 0 Å². The Morgan fingerprint density at radius 2 is 2.19 bits per heavy atom. The molecule has 3 rings (SSSR count). The van der Waals surface area contributed by atoms with Gasteiger partial charge in [-0.25, -0.2) is 4.57 Å². The van der Waals surface area contributed by atoms with E-state index in [4.69, 9.17) is 24.0 Å². The number of aryl methyl sites for hydroxylation is 1. The zero-order chi connectivity index (χ0) is 18.7. The highest BCUT2D eigenvalue weighted by Gasteiger charge is 2.39. The standard InChI is InChI=1S/C17H23N2O6P.ClH/c1-3-23-26(21)24-11-13(25-26)10-22-17(20)15(18)8-12-9-19(2)16-7-5-4-6-14(12)16;/h4-7,9,13,15H,3,8,10-11,18H2,1-2H3;1H/t13?,15-,26?;/m1./s1. The third-order valence-electron chi connectivity index (χ3n) is 4.12. The summed E-state index contributed by atoms with van der Waals surface area (Å²) in [6.07, 6.45) is 1.70. The van der Waals surface area contributed by atoms with Crippen LogP contribution in [0.4, 0.5) is 0 Å². The fraction of sp³-hybridized carbons (Fsp3) is 0.471. The second-order valence-corrected chi connectivity index (χ2v) is 7.73. The van der Waals surface area contributed by atoms with Gasteiger partial charge in [-0.2, -0.15) is 0 Å². The smallest absolute Gasteiger partial charge is 0.462 e. The molecule has 0 aliphatic carbocycles. The number of carbonyl (C=O) groups excluding carboxylic acids is 1. The van der Waals surface area contributed by atoms with Crippen LogP contribution in [0.1, 0.15) is 12.5 Å². The summed E-state index contributed by atoms with van der Waals surface area (Å²) in [6, 6.07) is 7.12. The van der Waals surface area contributed by atoms with E-state index in [0.717, 1.165) is 16.5 Å². The lowest BCUT2D eigenvalue weighted by Gasteiger charge is -2.14. The number of nitrogens with zero attached hydrogens (tertiary/aromatic N) is 1. The molecule has 2 aromatic rings. The summed E-state index contributed by atoms with van der Waals surface area (Å²) in [5, 5.41) is 1.06. The fourth-order valence-electron chi connectivity index (χ4n) is 2.91. The minimum absolute atomic E-state index is 0. The molecule has 2 unspecified atom stereocenters. The van der Waals surface area contributed by atoms with Crippen LogP contribution < -0.4 is 5.73 Å². The second-order valence-electron chi connectivity index (χ2n) is 6.11. The van der Waals surface area contributed by atoms with E-state index in [2.05, 4.69) is 0 Å². The van der Waals surface area contributed by atoms with Gasteiger partial charge in [0.15, 0.2) is 0 Å². The van der Waals surface area contributed by atoms with Crippen molar-refractivity contribution in [1.82, 2.24) is 4.57 Å². The van der Waals surface area contributed by atoms with Gasteiger partial charge in [-0.15, -0.1) is 12.4 Å². The van der Waals surface area contributed by atoms with Crippen molar-refractivity contribution in [3.8, 4) is 0 Å². The highest BCUT2D eigenvalue weighted by atomic mass is 35.5. The first-order valence-corrected chi connectivity index (χ1v) is 9.90. The number of phosphoric acid groups is 1. The Kier molecular flexibility index (Phi) is 7.45. The number of phosphoric ester groups is 1. The van der Waals surface area contributed by atoms with Crippen LogP contribution in [0.15, 0.2) is 30.5 Å². The molecule has 1 saturated heterocycles. The van der Waals surface area contributed by atoms with E-state index in [1.165, 1.54) is 0 Å². The van der Waals surface area contributed by atoms with Crippen LogP contribution in [0.3, 0.4) is 0 Å². The SMILES string of the molecule is CCOP1(=O)OCC(COC(=O)[C@H](N)Cc2cn(C)c3ccccc23)O1.Cl. The molecular formula is C17H24ClN2O6P. The number of benzene rings is 1. The van der Waals surface area contributed by atoms with Gasteiger partial charge in [-0.1, -0.05) is 18.2 Å². The van der Waals surface area contributed by atoms with Gasteiger partial charge in [0.1, 0.15) is 18.8 Å². The number of halogens is 1. The number of aromatic nitrogens is 1. The summed E-state index contributed by atoms with van der Waals surface area (Å²) in [5.41, 5.74) is 8.06. The Labute approximate surface area is 163 Å². The maximum absolute atomic E-state index is 12.2. The molecule has 1 aliphatic heterocycles. The lowest BCUT2D eigenvalue weighted by Crippen LogP contribution is -2.36. The predicted octanol–water partition coefficient (Wildman–Crippen LogP) is 2.57. The minimum Gasteiger partial charge on any atom is -0.462 e. The Morgan fingerprint density at radius 3 is 2.93 bits per heavy atom. The molecular weight excluding hydrogens is 395 g/mol. The topological polar surface area (TPSA) is 102 Å². The summed E-state index contributed by atoms with van der Waals surface area (Å²) in [5.74, 6) is -0.542. The molecule has 3 atom stereocenters. The molecule has 0 bridgehead atoms. The number of esters is 1. The molecule has 1 aromatic heterocycles. The van der Waals surface area contributed by atoms with Gasteiger partial charge in [-0.05, 0) is 18.6 Å². The second kappa shape index (κ2) is 9.19. The van der Waals surface area contributed by atoms with E-state index in [-0.39, 0.29) is 32.2 Å². The van der Waals surface area contributed by atoms with Gasteiger partial charge in [0, 0.05) is 30.6 Å². The molecule has 0 saturated carbocycles. The molecule has 1 aromatic carbocycles. The molecule has 10 heteroatoms. The van der Waals surface area contributed by atoms with E-state index in [1.54, 1.807) is 6.92 Å². The number of para-hydroxylation sites is 1. The van der Waals surface area contributed by atoms with Crippen molar-refractivity contribution >= 4 is 37.1 Å². The number of hydrogen-bond donors (Lipinski definition) is 1. The molecule has 0 amide bonds. The quantitative estimate of drug-likeness (QED) is 0.544. The maximum Gasteiger partial charge on any atom is 0.475 e. The van der Waals surface area contributed by atoms with Crippen molar-refractivity contribution in [2.75, 3.05) is 19.8 Å². The van der Waals surface area contributed by atoms with Crippen molar-refractivity contribution in [3.05, 3.63) is 36.0 Å². The molecule has 27 heavy (non-hydrogen) atoms. The van der Waals surface area contributed by atoms with Gasteiger partial charge in [0.25, 0.3) is 0 Å². The first-order chi connectivity index (χ1) is 12.4. The van der Waals surface area contributed by atoms with Crippen molar-refractivity contribution in [3.63, 3.8) is 0 Å². The summed E-state index contributed by atoms with van der Waals surface area (Å²) >= 11 is 0. The molecule has 2 heterocycles. The number of ether oxygens (including phenoxy) is 1. The Balaban J connectivity index is 0.00000261. The Morgan fingerprint density at radius 1 is 1.44 bits per heavy atom. The van der Waals surface area contributed by atoms with Gasteiger partial charge in [0.05, 0.1) is 13.2 Å². The van der Waals surface area contributed by atoms with E-state index < -0.39 is 25.9 Å². The Bertz CT molecular complexity index is 842. The molecule has 8 nitrogen and oxygen atoms in total. The average molecular weight is 419 g/mol. The maximum atomic E-state index is 12.2. The van der Waals surface area contributed by atoms with Crippen molar-refractivity contribution in [2.24, 2.45) is 12.8 Å². The van der Waals surface area contributed by atoms with E-state index in [9.17, 15) is 9.36 Å². The first-order valence-electron chi connectivity index (χ1n) is 8.44. The molecule has 1 fully saturated rings. The fourth-order valence-corrected chi connectivity index (χ4v) is 4.26. The van der Waals surface area contributed by atoms with Gasteiger partial charge in [-0.3, -0.25) is 18.4 Å². The predicted molar refractivity (Wildman–Crippen MR) is 103 cm³/mol. The van der Waals surface area contributed by atoms with E-state index in [0.29, 0.717) is 6.42 Å². The first kappa shape index (κ1) is 21.9. The largest absolute Gasteiger partial charge is 0.475 e. The normalized spacial score (nSPS) is 23.1. The molecule has 2 N–H and O–H groups in total. The summed E-state index contributed by atoms with van der Waals surface area (Å²) in [6.45, 7) is 1.86. The monoisotopic (exact) mass is 418 g/mol. The van der Waals surface area contributed by atoms with Crippen molar-refractivity contribution < 1.29 is 27.7 Å². The van der Waals surface area contributed by atoms with Crippen LogP contribution in [-0.2, 0) is 41.1 Å². The average Bonchev–Trinajstić information content (AvgIpc) is 3.14. The van der Waals surface area contributed by atoms with Crippen LogP contribution in [0, 0.1) is 0 Å². The molecule has 150 valence electrons. The summed E-state index contributed by atoms with van der Waals surface area (Å²) in [4.78, 5) is 12.2. The van der Waals surface area contributed by atoms with Crippen LogP contribution in [-0.4, -0.2) is 42.5 Å². The number of rotatable bonds is 7. The third kappa shape index (κ3) is 5.10. The zero-order valence-corrected chi connectivity index (χ0v) is 16.9. The highest BCUT2D eigenvalue weighted by Crippen LogP contribution is 2.54. The zero-order valence-electron chi connectivity index (χ0n) is 15.2. The number of fused-ring (bicyclic) bond motifs is 1. The lowest BCUT2D eigenvalue weighted by molar-refractivity contribution is -0.147. The number of hydrogen-bond acceptors (Lipinski definition) is 7. The van der Waals surface area contributed by atoms with Crippen LogP contribution in [0.2, 0.25) is 0 Å². The lowest BCUT2D eigenvalue weighted by atomic mass is 10.1. The molecule has 0 spiro atoms. The van der Waals surface area contributed by atoms with Gasteiger partial charge >= 0.3 is 13.8 Å². The summed E-state index contributed by atoms with van der Waals surface area (Å²) in [7, 11) is -1.57. The molecule has 1 aliphatic rings. The number of nitrogens with two attached hydrogens (primary N) is 1. The van der Waals surface area contributed by atoms with Crippen LogP contribution >= 0.6 is 20.2 Å². The van der Waals surface area contributed by atoms with Gasteiger partial charge < -0.3 is 15.0 Å². The minimum atomic E-state index is -3.51. The van der Waals surface area contributed by atoms with Gasteiger partial charge in [0.2, 0.25) is 0 Å². The van der Waals surface area contributed by atoms with E-state index in [1.807, 2.05) is 42.1 Å². The Hall–Kier alpha value is -1.41. The summed E-state index contributed by atoms with van der Waals surface area (Å²) < 4.78 is 34.3. The van der Waals surface area contributed by atoms with Crippen molar-refractivity contribution in [2.45, 2.75) is 25.5 Å². The number of carbonyl (C=O) groups is 1. The van der Waals surface area contributed by atoms with Crippen LogP contribution in [0.5, 0.6) is 0 Å². The molecule has 0 radical (unpaired) electrons. The third-order valence-corrected chi connectivity index (χ3v) is 5.71. The highest BCUT2D eigenvalue weighted by molar-refractivity contribution is 7.48. The van der Waals surface area contributed by atoms with Crippen LogP contribution in [0.25, 0.3) is 10.9 Å². The van der Waals surface area contributed by atoms with Crippen molar-refractivity contribution in [1.29, 1.82) is 0 Å².